The summed E-state index contributed by atoms with van der Waals surface area (Å²) in [6.45, 7) is 2.17. The van der Waals surface area contributed by atoms with E-state index in [1.54, 1.807) is 0 Å². The van der Waals surface area contributed by atoms with Gasteiger partial charge in [0.05, 0.1) is 0 Å². The zero-order valence-electron chi connectivity index (χ0n) is 7.75. The molecule has 0 unspecified atom stereocenters. The maximum atomic E-state index is 9.00. The first kappa shape index (κ1) is 66.4. The van der Waals surface area contributed by atoms with Crippen LogP contribution < -0.4 is 0 Å². The van der Waals surface area contributed by atoms with E-state index >= 15 is 0 Å². The Morgan fingerprint density at radius 3 is 0.786 bits per heavy atom. The van der Waals surface area contributed by atoms with Crippen molar-refractivity contribution in [3.63, 3.8) is 0 Å². The maximum Gasteiger partial charge on any atom is 0.300 e. The van der Waals surface area contributed by atoms with Crippen molar-refractivity contribution >= 4 is 11.9 Å². The minimum atomic E-state index is -0.833. The van der Waals surface area contributed by atoms with Gasteiger partial charge in [-0.3, -0.25) is 9.59 Å². The molecule has 10 N–H and O–H groups in total. The molecule has 0 aliphatic heterocycles. The van der Waals surface area contributed by atoms with Crippen molar-refractivity contribution in [1.29, 1.82) is 0 Å². The summed E-state index contributed by atoms with van der Waals surface area (Å²) in [5.41, 5.74) is 0. The Balaban J connectivity index is -0.00000000600. The monoisotopic (exact) mass is 315 g/mol. The number of carboxylic acid groups (broad SMARTS) is 2. The van der Waals surface area contributed by atoms with Gasteiger partial charge < -0.3 is 32.1 Å². The van der Waals surface area contributed by atoms with E-state index in [1.807, 2.05) is 0 Å². The first-order chi connectivity index (χ1) is 3.46. The molecule has 0 heterocycles. The first-order valence-corrected chi connectivity index (χ1v) is 1.86. The van der Waals surface area contributed by atoms with Crippen LogP contribution in [-0.4, -0.2) is 44.1 Å². The number of rotatable bonds is 0. The largest absolute Gasteiger partial charge is 0.481 e. The summed E-state index contributed by atoms with van der Waals surface area (Å²) in [6.07, 6.45) is 0. The fraction of sp³-hybridized carbons (Fsp3) is 0.500. The summed E-state index contributed by atoms with van der Waals surface area (Å²) in [5, 5.41) is 14.8. The Morgan fingerprint density at radius 2 is 0.786 bits per heavy atom. The van der Waals surface area contributed by atoms with E-state index in [9.17, 15) is 0 Å². The molecule has 0 saturated heterocycles. The Hall–Kier alpha value is -0.0901. The molecule has 0 fully saturated rings. The van der Waals surface area contributed by atoms with Crippen molar-refractivity contribution in [3.05, 3.63) is 0 Å². The van der Waals surface area contributed by atoms with Gasteiger partial charge in [0.25, 0.3) is 11.9 Å². The molecule has 0 atom stereocenters. The van der Waals surface area contributed by atoms with Crippen LogP contribution in [0.2, 0.25) is 0 Å². The topological polar surface area (TPSA) is 201 Å². The fourth-order valence-electron chi connectivity index (χ4n) is 0. The normalized spacial score (nSPS) is 3.57. The van der Waals surface area contributed by atoms with Crippen molar-refractivity contribution in [2.24, 2.45) is 0 Å². The summed E-state index contributed by atoms with van der Waals surface area (Å²) in [7, 11) is 0. The third-order valence-electron chi connectivity index (χ3n) is 0. The third kappa shape index (κ3) is 175000. The molecule has 0 aromatic heterocycles. The van der Waals surface area contributed by atoms with Gasteiger partial charge in [-0.2, -0.15) is 0 Å². The zero-order valence-corrected chi connectivity index (χ0v) is 11.8. The van der Waals surface area contributed by atoms with Gasteiger partial charge in [0.1, 0.15) is 0 Å². The molecule has 0 aliphatic carbocycles. The SMILES string of the molecule is CC(=O)O.CC(=O)O.O.O.O.O.[Co].[Zn]. The van der Waals surface area contributed by atoms with Gasteiger partial charge in [-0.25, -0.2) is 0 Å². The van der Waals surface area contributed by atoms with Gasteiger partial charge in [0.2, 0.25) is 0 Å². The molecule has 0 rings (SSSR count). The maximum absolute atomic E-state index is 9.00. The van der Waals surface area contributed by atoms with E-state index in [4.69, 9.17) is 19.8 Å². The summed E-state index contributed by atoms with van der Waals surface area (Å²) in [6, 6.07) is 0. The second-order valence-corrected chi connectivity index (χ2v) is 1.04. The van der Waals surface area contributed by atoms with Crippen LogP contribution >= 0.6 is 0 Å². The minimum Gasteiger partial charge on any atom is -0.481 e. The predicted molar refractivity (Wildman–Crippen MR) is 41.1 cm³/mol. The zero-order chi connectivity index (χ0) is 7.15. The quantitative estimate of drug-likeness (QED) is 0.445. The van der Waals surface area contributed by atoms with Crippen molar-refractivity contribution in [1.82, 2.24) is 0 Å². The van der Waals surface area contributed by atoms with Gasteiger partial charge in [0, 0.05) is 50.1 Å². The van der Waals surface area contributed by atoms with E-state index in [2.05, 4.69) is 0 Å². The van der Waals surface area contributed by atoms with Crippen LogP contribution in [0.15, 0.2) is 0 Å². The average Bonchev–Trinajstić information content (AvgIpc) is 1.25. The Labute approximate surface area is 104 Å². The molecule has 0 aromatic rings. The molecule has 1 radical (unpaired) electrons. The summed E-state index contributed by atoms with van der Waals surface area (Å²) in [4.78, 5) is 18.0. The average molecular weight is 316 g/mol. The number of hydrogen-bond donors (Lipinski definition) is 2. The molecule has 0 bridgehead atoms. The molecule has 0 amide bonds. The second-order valence-electron chi connectivity index (χ2n) is 1.04. The van der Waals surface area contributed by atoms with Crippen LogP contribution in [0.25, 0.3) is 0 Å². The van der Waals surface area contributed by atoms with Crippen molar-refractivity contribution in [2.75, 3.05) is 0 Å². The molecule has 14 heavy (non-hydrogen) atoms. The molecule has 0 spiro atoms. The van der Waals surface area contributed by atoms with Crippen LogP contribution in [0.5, 0.6) is 0 Å². The van der Waals surface area contributed by atoms with Gasteiger partial charge in [-0.1, -0.05) is 0 Å². The van der Waals surface area contributed by atoms with E-state index < -0.39 is 11.9 Å². The van der Waals surface area contributed by atoms with Gasteiger partial charge in [0.15, 0.2) is 0 Å². The van der Waals surface area contributed by atoms with Gasteiger partial charge >= 0.3 is 0 Å². The number of aliphatic carboxylic acids is 2. The van der Waals surface area contributed by atoms with Crippen molar-refractivity contribution in [2.45, 2.75) is 13.8 Å². The summed E-state index contributed by atoms with van der Waals surface area (Å²) in [5.74, 6) is -1.67. The number of hydrogen-bond acceptors (Lipinski definition) is 2. The Morgan fingerprint density at radius 1 is 0.786 bits per heavy atom. The number of carboxylic acids is 2. The third-order valence-corrected chi connectivity index (χ3v) is 0. The van der Waals surface area contributed by atoms with Crippen molar-refractivity contribution < 1.29 is 78.0 Å². The first-order valence-electron chi connectivity index (χ1n) is 1.86. The molecular weight excluding hydrogens is 300 g/mol. The fourth-order valence-corrected chi connectivity index (χ4v) is 0. The molecule has 0 aromatic carbocycles. The molecule has 10 heteroatoms. The van der Waals surface area contributed by atoms with Crippen LogP contribution in [0.3, 0.4) is 0 Å². The molecule has 0 aliphatic rings. The van der Waals surface area contributed by atoms with Crippen LogP contribution in [0, 0.1) is 0 Å². The van der Waals surface area contributed by atoms with Crippen LogP contribution in [0.1, 0.15) is 13.8 Å². The molecule has 0 saturated carbocycles. The van der Waals surface area contributed by atoms with Crippen LogP contribution in [-0.2, 0) is 45.8 Å². The van der Waals surface area contributed by atoms with Gasteiger partial charge in [-0.05, 0) is 0 Å². The standard InChI is InChI=1S/2C2H4O2.Co.4H2O.Zn/c2*1-2(3)4;;;;;;/h2*1H3,(H,3,4);;4*1H2;. The Bertz CT molecular complexity index is 79.3. The van der Waals surface area contributed by atoms with E-state index in [0.29, 0.717) is 0 Å². The van der Waals surface area contributed by atoms with E-state index in [-0.39, 0.29) is 58.2 Å². The van der Waals surface area contributed by atoms with Crippen molar-refractivity contribution in [3.8, 4) is 0 Å². The van der Waals surface area contributed by atoms with Crippen LogP contribution in [0.4, 0.5) is 0 Å². The smallest absolute Gasteiger partial charge is 0.300 e. The van der Waals surface area contributed by atoms with E-state index in [0.717, 1.165) is 13.8 Å². The minimum absolute atomic E-state index is 0. The molecule has 8 nitrogen and oxygen atoms in total. The summed E-state index contributed by atoms with van der Waals surface area (Å²) < 4.78 is 0. The second kappa shape index (κ2) is 52.4. The summed E-state index contributed by atoms with van der Waals surface area (Å²) >= 11 is 0. The molecule has 91 valence electrons. The number of carbonyl (C=O) groups is 2. The molecular formula is C4H16CoO8Zn. The van der Waals surface area contributed by atoms with Gasteiger partial charge in [-0.15, -0.1) is 0 Å². The predicted octanol–water partition coefficient (Wildman–Crippen LogP) is -3.12. The Kier molecular flexibility index (Phi) is 249. The van der Waals surface area contributed by atoms with E-state index in [1.165, 1.54) is 0 Å².